The smallest absolute Gasteiger partial charge is 0.334 e. The summed E-state index contributed by atoms with van der Waals surface area (Å²) in [7, 11) is 0. The molecule has 0 aromatic carbocycles. The van der Waals surface area contributed by atoms with Gasteiger partial charge >= 0.3 is 12.0 Å². The van der Waals surface area contributed by atoms with E-state index in [9.17, 15) is 9.59 Å². The number of aliphatic hydroxyl groups is 1. The zero-order valence-corrected chi connectivity index (χ0v) is 9.91. The molecule has 0 fully saturated rings. The van der Waals surface area contributed by atoms with Gasteiger partial charge in [0, 0.05) is 6.54 Å². The van der Waals surface area contributed by atoms with Crippen molar-refractivity contribution in [1.29, 1.82) is 0 Å². The Morgan fingerprint density at radius 1 is 1.31 bits per heavy atom. The monoisotopic (exact) mass is 232 g/mol. The van der Waals surface area contributed by atoms with Gasteiger partial charge in [0.25, 0.3) is 0 Å². The van der Waals surface area contributed by atoms with Gasteiger partial charge < -0.3 is 20.8 Å². The second kappa shape index (κ2) is 6.32. The summed E-state index contributed by atoms with van der Waals surface area (Å²) in [6.45, 7) is 6.25. The molecule has 0 bridgehead atoms. The summed E-state index contributed by atoms with van der Waals surface area (Å²) in [6.07, 6.45) is -0.643. The summed E-state index contributed by atoms with van der Waals surface area (Å²) in [6, 6.07) is -0.471. The van der Waals surface area contributed by atoms with Crippen molar-refractivity contribution in [2.24, 2.45) is 5.41 Å². The van der Waals surface area contributed by atoms with Crippen LogP contribution in [0.1, 0.15) is 27.2 Å². The first kappa shape index (κ1) is 14.7. The van der Waals surface area contributed by atoms with Crippen LogP contribution >= 0.6 is 0 Å². The third-order valence-electron chi connectivity index (χ3n) is 2.43. The molecule has 16 heavy (non-hydrogen) atoms. The number of aliphatic hydroxyl groups excluding tert-OH is 1. The molecule has 0 spiro atoms. The Morgan fingerprint density at radius 2 is 1.88 bits per heavy atom. The number of carboxylic acid groups (broad SMARTS) is 1. The van der Waals surface area contributed by atoms with E-state index in [0.29, 0.717) is 6.54 Å². The highest BCUT2D eigenvalue weighted by atomic mass is 16.4. The highest BCUT2D eigenvalue weighted by molar-refractivity contribution is 5.76. The second-order valence-electron chi connectivity index (χ2n) is 4.44. The lowest BCUT2D eigenvalue weighted by Crippen LogP contribution is -2.44. The van der Waals surface area contributed by atoms with Crippen molar-refractivity contribution in [1.82, 2.24) is 10.6 Å². The lowest BCUT2D eigenvalue weighted by molar-refractivity contribution is -0.146. The standard InChI is InChI=1S/C10H20N2O4/c1-4-10(2,3)6-12-9(16)11-5-7(13)8(14)15/h7,13H,4-6H2,1-3H3,(H,14,15)(H2,11,12,16). The first-order chi connectivity index (χ1) is 7.28. The van der Waals surface area contributed by atoms with Crippen LogP contribution in [-0.2, 0) is 4.79 Å². The van der Waals surface area contributed by atoms with E-state index in [1.165, 1.54) is 0 Å². The fourth-order valence-corrected chi connectivity index (χ4v) is 0.784. The third kappa shape index (κ3) is 6.23. The lowest BCUT2D eigenvalue weighted by Gasteiger charge is -2.23. The number of urea groups is 1. The maximum absolute atomic E-state index is 11.2. The van der Waals surface area contributed by atoms with Gasteiger partial charge in [-0.25, -0.2) is 9.59 Å². The van der Waals surface area contributed by atoms with Crippen LogP contribution in [0.5, 0.6) is 0 Å². The molecule has 0 aliphatic heterocycles. The van der Waals surface area contributed by atoms with Crippen LogP contribution in [0.2, 0.25) is 0 Å². The van der Waals surface area contributed by atoms with Crippen LogP contribution in [0.4, 0.5) is 4.79 Å². The van der Waals surface area contributed by atoms with Crippen molar-refractivity contribution in [3.63, 3.8) is 0 Å². The normalized spacial score (nSPS) is 13.0. The maximum atomic E-state index is 11.2. The van der Waals surface area contributed by atoms with Crippen LogP contribution in [0.15, 0.2) is 0 Å². The van der Waals surface area contributed by atoms with Crippen molar-refractivity contribution < 1.29 is 19.8 Å². The van der Waals surface area contributed by atoms with E-state index in [1.807, 2.05) is 20.8 Å². The summed E-state index contributed by atoms with van der Waals surface area (Å²) >= 11 is 0. The predicted molar refractivity (Wildman–Crippen MR) is 59.1 cm³/mol. The van der Waals surface area contributed by atoms with Gasteiger partial charge in [0.15, 0.2) is 6.10 Å². The van der Waals surface area contributed by atoms with Gasteiger partial charge in [-0.05, 0) is 11.8 Å². The number of aliphatic carboxylic acids is 1. The van der Waals surface area contributed by atoms with E-state index in [-0.39, 0.29) is 12.0 Å². The van der Waals surface area contributed by atoms with Crippen molar-refractivity contribution in [2.75, 3.05) is 13.1 Å². The number of rotatable bonds is 6. The molecule has 0 saturated carbocycles. The zero-order chi connectivity index (χ0) is 12.8. The molecule has 1 unspecified atom stereocenters. The number of carboxylic acids is 1. The van der Waals surface area contributed by atoms with Crippen LogP contribution in [-0.4, -0.2) is 41.4 Å². The zero-order valence-electron chi connectivity index (χ0n) is 9.91. The topological polar surface area (TPSA) is 98.7 Å². The number of hydrogen-bond acceptors (Lipinski definition) is 3. The Bertz CT molecular complexity index is 253. The number of carbonyl (C=O) groups is 2. The average molecular weight is 232 g/mol. The Hall–Kier alpha value is -1.30. The molecular formula is C10H20N2O4. The Morgan fingerprint density at radius 3 is 2.31 bits per heavy atom. The highest BCUT2D eigenvalue weighted by Gasteiger charge is 2.17. The van der Waals surface area contributed by atoms with E-state index in [0.717, 1.165) is 6.42 Å². The average Bonchev–Trinajstić information content (AvgIpc) is 2.23. The molecule has 0 radical (unpaired) electrons. The summed E-state index contributed by atoms with van der Waals surface area (Å²) in [5.74, 6) is -1.35. The quantitative estimate of drug-likeness (QED) is 0.524. The first-order valence-electron chi connectivity index (χ1n) is 5.21. The van der Waals surface area contributed by atoms with Gasteiger partial charge in [0.05, 0.1) is 6.54 Å². The largest absolute Gasteiger partial charge is 0.479 e. The summed E-state index contributed by atoms with van der Waals surface area (Å²) in [5.41, 5.74) is 0.00273. The van der Waals surface area contributed by atoms with Crippen molar-refractivity contribution in [3.8, 4) is 0 Å². The minimum Gasteiger partial charge on any atom is -0.479 e. The number of carbonyl (C=O) groups excluding carboxylic acids is 1. The Labute approximate surface area is 95.0 Å². The van der Waals surface area contributed by atoms with Crippen LogP contribution in [0, 0.1) is 5.41 Å². The van der Waals surface area contributed by atoms with Gasteiger partial charge in [-0.1, -0.05) is 20.8 Å². The van der Waals surface area contributed by atoms with E-state index in [2.05, 4.69) is 10.6 Å². The molecule has 0 aliphatic carbocycles. The predicted octanol–water partition coefficient (Wildman–Crippen LogP) is 0.167. The van der Waals surface area contributed by atoms with Crippen LogP contribution in [0.3, 0.4) is 0 Å². The number of amides is 2. The van der Waals surface area contributed by atoms with Gasteiger partial charge in [0.2, 0.25) is 0 Å². The van der Waals surface area contributed by atoms with Crippen molar-refractivity contribution in [3.05, 3.63) is 0 Å². The molecule has 0 aliphatic rings. The molecule has 6 nitrogen and oxygen atoms in total. The van der Waals surface area contributed by atoms with E-state index in [4.69, 9.17) is 10.2 Å². The Balaban J connectivity index is 3.80. The lowest BCUT2D eigenvalue weighted by atomic mass is 9.90. The third-order valence-corrected chi connectivity index (χ3v) is 2.43. The van der Waals surface area contributed by atoms with Gasteiger partial charge in [0.1, 0.15) is 0 Å². The van der Waals surface area contributed by atoms with Crippen LogP contribution in [0.25, 0.3) is 0 Å². The van der Waals surface area contributed by atoms with E-state index >= 15 is 0 Å². The number of hydrogen-bond donors (Lipinski definition) is 4. The van der Waals surface area contributed by atoms with E-state index in [1.54, 1.807) is 0 Å². The second-order valence-corrected chi connectivity index (χ2v) is 4.44. The highest BCUT2D eigenvalue weighted by Crippen LogP contribution is 2.17. The first-order valence-corrected chi connectivity index (χ1v) is 5.21. The van der Waals surface area contributed by atoms with Crippen molar-refractivity contribution >= 4 is 12.0 Å². The fourth-order valence-electron chi connectivity index (χ4n) is 0.784. The summed E-state index contributed by atoms with van der Waals surface area (Å²) in [4.78, 5) is 21.5. The fraction of sp³-hybridized carbons (Fsp3) is 0.800. The summed E-state index contributed by atoms with van der Waals surface area (Å²) in [5, 5.41) is 22.2. The van der Waals surface area contributed by atoms with Gasteiger partial charge in [-0.15, -0.1) is 0 Å². The van der Waals surface area contributed by atoms with Crippen LogP contribution < -0.4 is 10.6 Å². The molecule has 0 aromatic heterocycles. The minimum atomic E-state index is -1.56. The van der Waals surface area contributed by atoms with E-state index < -0.39 is 18.1 Å². The van der Waals surface area contributed by atoms with Gasteiger partial charge in [-0.3, -0.25) is 0 Å². The molecular weight excluding hydrogens is 212 g/mol. The molecule has 0 aromatic rings. The molecule has 0 rings (SSSR count). The maximum Gasteiger partial charge on any atom is 0.334 e. The Kier molecular flexibility index (Phi) is 5.81. The molecule has 1 atom stereocenters. The molecule has 6 heteroatoms. The summed E-state index contributed by atoms with van der Waals surface area (Å²) < 4.78 is 0. The SMILES string of the molecule is CCC(C)(C)CNC(=O)NCC(O)C(=O)O. The minimum absolute atomic E-state index is 0.00273. The molecule has 4 N–H and O–H groups in total. The number of nitrogens with one attached hydrogen (secondary N) is 2. The van der Waals surface area contributed by atoms with Gasteiger partial charge in [-0.2, -0.15) is 0 Å². The molecule has 94 valence electrons. The molecule has 0 heterocycles. The van der Waals surface area contributed by atoms with Crippen molar-refractivity contribution in [2.45, 2.75) is 33.3 Å². The molecule has 0 saturated heterocycles. The molecule has 2 amide bonds.